The smallest absolute Gasteiger partial charge is 0.0702 e. The Kier molecular flexibility index (Phi) is 5.09. The maximum absolute atomic E-state index is 10.4. The summed E-state index contributed by atoms with van der Waals surface area (Å²) in [5.41, 5.74) is 3.30. The second-order valence-electron chi connectivity index (χ2n) is 7.04. The summed E-state index contributed by atoms with van der Waals surface area (Å²) < 4.78 is 1.95. The third-order valence-corrected chi connectivity index (χ3v) is 5.09. The Morgan fingerprint density at radius 2 is 2.04 bits per heavy atom. The second kappa shape index (κ2) is 7.81. The summed E-state index contributed by atoms with van der Waals surface area (Å²) in [7, 11) is 0. The van der Waals surface area contributed by atoms with E-state index in [2.05, 4.69) is 39.7 Å². The van der Waals surface area contributed by atoms with Crippen LogP contribution in [0.3, 0.4) is 0 Å². The minimum absolute atomic E-state index is 0.133. The molecular weight excluding hydrogens is 324 g/mol. The molecule has 3 aromatic rings. The van der Waals surface area contributed by atoms with Crippen LogP contribution in [-0.4, -0.2) is 32.0 Å². The summed E-state index contributed by atoms with van der Waals surface area (Å²) in [4.78, 5) is 4.42. The van der Waals surface area contributed by atoms with Crippen molar-refractivity contribution in [1.82, 2.24) is 20.1 Å². The Balaban J connectivity index is 1.35. The van der Waals surface area contributed by atoms with E-state index in [4.69, 9.17) is 0 Å². The summed E-state index contributed by atoms with van der Waals surface area (Å²) in [6, 6.07) is 16.4. The lowest BCUT2D eigenvalue weighted by molar-refractivity contribution is 0.145. The van der Waals surface area contributed by atoms with Crippen molar-refractivity contribution in [3.63, 3.8) is 0 Å². The zero-order valence-corrected chi connectivity index (χ0v) is 14.7. The SMILES string of the molecule is O[C@@H]1CC(Cn2cccn2)C[C@H]1NCc1cccc(-c2ccccn2)c1. The molecule has 5 nitrogen and oxygen atoms in total. The van der Waals surface area contributed by atoms with Gasteiger partial charge in [-0.1, -0.05) is 24.3 Å². The zero-order valence-electron chi connectivity index (χ0n) is 14.7. The number of hydrogen-bond donors (Lipinski definition) is 2. The molecule has 0 spiro atoms. The third kappa shape index (κ3) is 4.00. The van der Waals surface area contributed by atoms with Crippen molar-refractivity contribution in [1.29, 1.82) is 0 Å². The van der Waals surface area contributed by atoms with Crippen LogP contribution in [-0.2, 0) is 13.1 Å². The van der Waals surface area contributed by atoms with E-state index in [0.717, 1.165) is 37.2 Å². The van der Waals surface area contributed by atoms with Crippen LogP contribution in [0.4, 0.5) is 0 Å². The van der Waals surface area contributed by atoms with E-state index in [9.17, 15) is 5.11 Å². The number of aromatic nitrogens is 3. The van der Waals surface area contributed by atoms with Gasteiger partial charge in [0.05, 0.1) is 11.8 Å². The van der Waals surface area contributed by atoms with Crippen LogP contribution in [0.25, 0.3) is 11.3 Å². The molecule has 1 aliphatic carbocycles. The van der Waals surface area contributed by atoms with Gasteiger partial charge >= 0.3 is 0 Å². The predicted molar refractivity (Wildman–Crippen MR) is 101 cm³/mol. The van der Waals surface area contributed by atoms with Gasteiger partial charge in [-0.3, -0.25) is 9.67 Å². The number of hydrogen-bond acceptors (Lipinski definition) is 4. The quantitative estimate of drug-likeness (QED) is 0.719. The fraction of sp³-hybridized carbons (Fsp3) is 0.333. The molecule has 26 heavy (non-hydrogen) atoms. The van der Waals surface area contributed by atoms with Crippen LogP contribution in [0.5, 0.6) is 0 Å². The van der Waals surface area contributed by atoms with Gasteiger partial charge in [0.2, 0.25) is 0 Å². The fourth-order valence-corrected chi connectivity index (χ4v) is 3.78. The average molecular weight is 348 g/mol. The van der Waals surface area contributed by atoms with Gasteiger partial charge in [-0.2, -0.15) is 5.10 Å². The van der Waals surface area contributed by atoms with Crippen LogP contribution in [0.1, 0.15) is 18.4 Å². The van der Waals surface area contributed by atoms with Gasteiger partial charge in [-0.05, 0) is 48.6 Å². The predicted octanol–water partition coefficient (Wildman–Crippen LogP) is 2.87. The van der Waals surface area contributed by atoms with Crippen molar-refractivity contribution >= 4 is 0 Å². The van der Waals surface area contributed by atoms with Crippen LogP contribution in [0.2, 0.25) is 0 Å². The molecule has 0 bridgehead atoms. The summed E-state index contributed by atoms with van der Waals surface area (Å²) >= 11 is 0. The van der Waals surface area contributed by atoms with E-state index in [0.29, 0.717) is 5.92 Å². The highest BCUT2D eigenvalue weighted by molar-refractivity contribution is 5.59. The first-order valence-corrected chi connectivity index (χ1v) is 9.17. The number of rotatable bonds is 6. The fourth-order valence-electron chi connectivity index (χ4n) is 3.78. The van der Waals surface area contributed by atoms with E-state index < -0.39 is 0 Å². The van der Waals surface area contributed by atoms with Crippen molar-refractivity contribution in [3.05, 3.63) is 72.7 Å². The largest absolute Gasteiger partial charge is 0.391 e. The molecule has 0 saturated heterocycles. The van der Waals surface area contributed by atoms with Gasteiger partial charge in [0.1, 0.15) is 0 Å². The molecule has 0 aliphatic heterocycles. The lowest BCUT2D eigenvalue weighted by Gasteiger charge is -2.17. The lowest BCUT2D eigenvalue weighted by atomic mass is 10.1. The second-order valence-corrected chi connectivity index (χ2v) is 7.04. The van der Waals surface area contributed by atoms with E-state index in [1.165, 1.54) is 5.56 Å². The minimum Gasteiger partial charge on any atom is -0.391 e. The molecule has 0 amide bonds. The summed E-state index contributed by atoms with van der Waals surface area (Å²) in [5.74, 6) is 0.460. The molecule has 2 aromatic heterocycles. The molecule has 134 valence electrons. The van der Waals surface area contributed by atoms with Crippen molar-refractivity contribution in [2.45, 2.75) is 38.1 Å². The molecule has 2 N–H and O–H groups in total. The monoisotopic (exact) mass is 348 g/mol. The highest BCUT2D eigenvalue weighted by Crippen LogP contribution is 2.28. The third-order valence-electron chi connectivity index (χ3n) is 5.09. The number of aliphatic hydroxyl groups is 1. The zero-order chi connectivity index (χ0) is 17.8. The molecule has 2 heterocycles. The van der Waals surface area contributed by atoms with Crippen molar-refractivity contribution in [2.75, 3.05) is 0 Å². The first kappa shape index (κ1) is 16.9. The van der Waals surface area contributed by atoms with Crippen molar-refractivity contribution in [3.8, 4) is 11.3 Å². The van der Waals surface area contributed by atoms with Crippen LogP contribution in [0.15, 0.2) is 67.1 Å². The van der Waals surface area contributed by atoms with Crippen molar-refractivity contribution in [2.24, 2.45) is 5.92 Å². The Hall–Kier alpha value is -2.50. The number of benzene rings is 1. The molecule has 4 rings (SSSR count). The van der Waals surface area contributed by atoms with Crippen molar-refractivity contribution < 1.29 is 5.11 Å². The van der Waals surface area contributed by atoms with E-state index >= 15 is 0 Å². The Labute approximate surface area is 153 Å². The summed E-state index contributed by atoms with van der Waals surface area (Å²) in [6.45, 7) is 1.62. The molecule has 1 aromatic carbocycles. The minimum atomic E-state index is -0.297. The van der Waals surface area contributed by atoms with Gasteiger partial charge in [0.25, 0.3) is 0 Å². The average Bonchev–Trinajstić information content (AvgIpc) is 3.31. The molecule has 0 radical (unpaired) electrons. The van der Waals surface area contributed by atoms with E-state index in [-0.39, 0.29) is 12.1 Å². The van der Waals surface area contributed by atoms with Gasteiger partial charge in [-0.15, -0.1) is 0 Å². The van der Waals surface area contributed by atoms with Gasteiger partial charge in [0.15, 0.2) is 0 Å². The Bertz CT molecular complexity index is 819. The normalized spacial score (nSPS) is 22.6. The van der Waals surface area contributed by atoms with Gasteiger partial charge in [0, 0.05) is 43.3 Å². The van der Waals surface area contributed by atoms with E-state index in [1.54, 1.807) is 6.20 Å². The number of nitrogens with zero attached hydrogens (tertiary/aromatic N) is 3. The Morgan fingerprint density at radius 1 is 1.08 bits per heavy atom. The molecule has 1 fully saturated rings. The lowest BCUT2D eigenvalue weighted by Crippen LogP contribution is -2.35. The highest BCUT2D eigenvalue weighted by Gasteiger charge is 2.32. The standard InChI is InChI=1S/C21H24N4O/c26-21-13-17(15-25-10-4-9-24-25)12-20(21)23-14-16-5-3-6-18(11-16)19-7-1-2-8-22-19/h1-11,17,20-21,23,26H,12-15H2/t17?,20-,21-/m1/s1. The first-order chi connectivity index (χ1) is 12.8. The molecule has 1 aliphatic rings. The molecule has 5 heteroatoms. The van der Waals surface area contributed by atoms with E-state index in [1.807, 2.05) is 41.3 Å². The molecule has 1 saturated carbocycles. The number of aliphatic hydroxyl groups excluding tert-OH is 1. The molecular formula is C21H24N4O. The maximum Gasteiger partial charge on any atom is 0.0702 e. The van der Waals surface area contributed by atoms with Gasteiger partial charge < -0.3 is 10.4 Å². The number of nitrogens with one attached hydrogen (secondary N) is 1. The van der Waals surface area contributed by atoms with Crippen LogP contribution in [0, 0.1) is 5.92 Å². The maximum atomic E-state index is 10.4. The molecule has 1 unspecified atom stereocenters. The van der Waals surface area contributed by atoms with Crippen LogP contribution < -0.4 is 5.32 Å². The first-order valence-electron chi connectivity index (χ1n) is 9.17. The topological polar surface area (TPSA) is 63.0 Å². The van der Waals surface area contributed by atoms with Crippen LogP contribution >= 0.6 is 0 Å². The number of pyridine rings is 1. The summed E-state index contributed by atoms with van der Waals surface area (Å²) in [5, 5.41) is 18.2. The van der Waals surface area contributed by atoms with Gasteiger partial charge in [-0.25, -0.2) is 0 Å². The summed E-state index contributed by atoms with van der Waals surface area (Å²) in [6.07, 6.45) is 7.10. The highest BCUT2D eigenvalue weighted by atomic mass is 16.3. The molecule has 3 atom stereocenters. The Morgan fingerprint density at radius 3 is 2.85 bits per heavy atom.